The summed E-state index contributed by atoms with van der Waals surface area (Å²) in [4.78, 5) is 43.7. The number of thiazole rings is 1. The van der Waals surface area contributed by atoms with Gasteiger partial charge in [0.1, 0.15) is 17.3 Å². The first kappa shape index (κ1) is 29.8. The molecule has 0 bridgehead atoms. The standard InChI is InChI=1S/C33H24ClN3O7S/c1-3-43-32(39)28-29(19-8-5-4-6-9-19)35-33-36(30(28)20-10-7-11-22(16-20)42-2)31(38)27(45-33)18-23-13-15-26(44-23)24-17-21(37(40)41)12-14-25(24)34/h4-18,30H,3H2,1-2H3/b27-18-. The van der Waals surface area contributed by atoms with E-state index < -0.39 is 22.5 Å². The molecule has 0 radical (unpaired) electrons. The number of furan rings is 1. The SMILES string of the molecule is CCOC(=O)C1=C(c2ccccc2)N=c2s/c(=C\c3ccc(-c4cc([N+](=O)[O-])ccc4Cl)o3)c(=O)n2C1c1cccc(OC)c1. The lowest BCUT2D eigenvalue weighted by molar-refractivity contribution is -0.384. The van der Waals surface area contributed by atoms with Gasteiger partial charge in [-0.2, -0.15) is 0 Å². The third kappa shape index (κ3) is 5.70. The van der Waals surface area contributed by atoms with E-state index in [-0.39, 0.29) is 22.9 Å². The Balaban J connectivity index is 1.55. The van der Waals surface area contributed by atoms with Gasteiger partial charge in [-0.25, -0.2) is 9.79 Å². The zero-order valence-corrected chi connectivity index (χ0v) is 25.5. The first-order chi connectivity index (χ1) is 21.8. The van der Waals surface area contributed by atoms with Crippen molar-refractivity contribution < 1.29 is 23.6 Å². The van der Waals surface area contributed by atoms with Crippen molar-refractivity contribution in [2.45, 2.75) is 13.0 Å². The molecule has 0 N–H and O–H groups in total. The summed E-state index contributed by atoms with van der Waals surface area (Å²) in [5.41, 5.74) is 1.75. The highest BCUT2D eigenvalue weighted by Gasteiger charge is 2.35. The van der Waals surface area contributed by atoms with Gasteiger partial charge in [0.25, 0.3) is 11.2 Å². The molecule has 10 nitrogen and oxygen atoms in total. The minimum absolute atomic E-state index is 0.134. The Bertz CT molecular complexity index is 2170. The van der Waals surface area contributed by atoms with Crippen LogP contribution in [0.25, 0.3) is 23.1 Å². The molecule has 3 aromatic carbocycles. The van der Waals surface area contributed by atoms with Crippen molar-refractivity contribution in [3.63, 3.8) is 0 Å². The molecule has 0 saturated heterocycles. The van der Waals surface area contributed by atoms with E-state index in [0.29, 0.717) is 49.0 Å². The van der Waals surface area contributed by atoms with Crippen molar-refractivity contribution >= 4 is 46.4 Å². The van der Waals surface area contributed by atoms with Gasteiger partial charge in [0.2, 0.25) is 0 Å². The maximum atomic E-state index is 14.1. The lowest BCUT2D eigenvalue weighted by atomic mass is 9.93. The molecule has 45 heavy (non-hydrogen) atoms. The van der Waals surface area contributed by atoms with Crippen LogP contribution < -0.4 is 19.6 Å². The molecule has 1 aliphatic heterocycles. The normalized spacial score (nSPS) is 14.6. The van der Waals surface area contributed by atoms with E-state index in [4.69, 9.17) is 30.5 Å². The van der Waals surface area contributed by atoms with Crippen LogP contribution in [0.2, 0.25) is 5.02 Å². The average molecular weight is 642 g/mol. The van der Waals surface area contributed by atoms with Crippen molar-refractivity contribution in [3.8, 4) is 17.1 Å². The molecular formula is C33H24ClN3O7S. The number of non-ortho nitro benzene ring substituents is 1. The molecule has 0 fully saturated rings. The fourth-order valence-corrected chi connectivity index (χ4v) is 6.28. The summed E-state index contributed by atoms with van der Waals surface area (Å²) in [7, 11) is 1.54. The molecule has 3 heterocycles. The van der Waals surface area contributed by atoms with Crippen LogP contribution in [0.5, 0.6) is 5.75 Å². The molecule has 12 heteroatoms. The van der Waals surface area contributed by atoms with Gasteiger partial charge in [-0.15, -0.1) is 0 Å². The molecule has 0 aliphatic carbocycles. The average Bonchev–Trinajstić information content (AvgIpc) is 3.64. The fourth-order valence-electron chi connectivity index (χ4n) is 5.09. The lowest BCUT2D eigenvalue weighted by Crippen LogP contribution is -2.40. The smallest absolute Gasteiger partial charge is 0.338 e. The summed E-state index contributed by atoms with van der Waals surface area (Å²) in [5, 5.41) is 11.6. The van der Waals surface area contributed by atoms with Crippen LogP contribution in [0.4, 0.5) is 5.69 Å². The Morgan fingerprint density at radius 3 is 2.64 bits per heavy atom. The Morgan fingerprint density at radius 2 is 1.91 bits per heavy atom. The number of nitrogens with zero attached hydrogens (tertiary/aromatic N) is 3. The molecule has 2 aromatic heterocycles. The van der Waals surface area contributed by atoms with Crippen molar-refractivity contribution in [2.24, 2.45) is 4.99 Å². The Hall–Kier alpha value is -5.26. The maximum absolute atomic E-state index is 14.1. The van der Waals surface area contributed by atoms with Crippen molar-refractivity contribution in [1.82, 2.24) is 4.57 Å². The predicted octanol–water partition coefficient (Wildman–Crippen LogP) is 5.77. The number of aromatic nitrogens is 1. The Labute approximate surface area is 264 Å². The van der Waals surface area contributed by atoms with Gasteiger partial charge < -0.3 is 13.9 Å². The van der Waals surface area contributed by atoms with E-state index in [1.54, 1.807) is 50.4 Å². The van der Waals surface area contributed by atoms with Gasteiger partial charge in [-0.3, -0.25) is 19.5 Å². The molecular weight excluding hydrogens is 618 g/mol. The number of halogens is 1. The Kier molecular flexibility index (Phi) is 8.20. The van der Waals surface area contributed by atoms with Gasteiger partial charge in [0.05, 0.1) is 45.5 Å². The van der Waals surface area contributed by atoms with Gasteiger partial charge in [-0.05, 0) is 42.8 Å². The molecule has 0 amide bonds. The number of ether oxygens (including phenoxy) is 2. The van der Waals surface area contributed by atoms with E-state index in [0.717, 1.165) is 11.3 Å². The number of fused-ring (bicyclic) bond motifs is 1. The topological polar surface area (TPSA) is 126 Å². The summed E-state index contributed by atoms with van der Waals surface area (Å²) in [6, 6.07) is 22.9. The zero-order valence-electron chi connectivity index (χ0n) is 23.9. The highest BCUT2D eigenvalue weighted by molar-refractivity contribution is 7.07. The molecule has 1 unspecified atom stereocenters. The summed E-state index contributed by atoms with van der Waals surface area (Å²) < 4.78 is 18.7. The van der Waals surface area contributed by atoms with Crippen molar-refractivity contribution in [3.05, 3.63) is 142 Å². The Morgan fingerprint density at radius 1 is 1.11 bits per heavy atom. The van der Waals surface area contributed by atoms with E-state index >= 15 is 0 Å². The maximum Gasteiger partial charge on any atom is 0.338 e. The van der Waals surface area contributed by atoms with Crippen LogP contribution in [-0.4, -0.2) is 29.2 Å². The molecule has 0 spiro atoms. The van der Waals surface area contributed by atoms with E-state index in [2.05, 4.69) is 0 Å². The number of hydrogen-bond donors (Lipinski definition) is 0. The summed E-state index contributed by atoms with van der Waals surface area (Å²) in [6.45, 7) is 1.85. The van der Waals surface area contributed by atoms with Crippen molar-refractivity contribution in [1.29, 1.82) is 0 Å². The molecule has 1 atom stereocenters. The van der Waals surface area contributed by atoms with E-state index in [1.807, 2.05) is 36.4 Å². The molecule has 6 rings (SSSR count). The number of benzene rings is 3. The van der Waals surface area contributed by atoms with E-state index in [1.165, 1.54) is 22.8 Å². The van der Waals surface area contributed by atoms with Gasteiger partial charge >= 0.3 is 5.97 Å². The van der Waals surface area contributed by atoms with E-state index in [9.17, 15) is 19.7 Å². The number of nitro groups is 1. The third-order valence-corrected chi connectivity index (χ3v) is 8.42. The second-order valence-electron chi connectivity index (χ2n) is 9.83. The first-order valence-electron chi connectivity index (χ1n) is 13.8. The fraction of sp³-hybridized carbons (Fsp3) is 0.121. The number of hydrogen-bond acceptors (Lipinski definition) is 9. The van der Waals surface area contributed by atoms with Crippen LogP contribution in [-0.2, 0) is 9.53 Å². The number of methoxy groups -OCH3 is 1. The summed E-state index contributed by atoms with van der Waals surface area (Å²) in [6.07, 6.45) is 1.57. The van der Waals surface area contributed by atoms with Gasteiger partial charge in [-0.1, -0.05) is 65.4 Å². The largest absolute Gasteiger partial charge is 0.497 e. The molecule has 1 aliphatic rings. The highest BCUT2D eigenvalue weighted by Crippen LogP contribution is 2.36. The van der Waals surface area contributed by atoms with Gasteiger partial charge in [0, 0.05) is 29.3 Å². The van der Waals surface area contributed by atoms with Crippen LogP contribution in [0, 0.1) is 10.1 Å². The number of rotatable bonds is 8. The van der Waals surface area contributed by atoms with Crippen LogP contribution in [0.1, 0.15) is 29.9 Å². The summed E-state index contributed by atoms with van der Waals surface area (Å²) in [5.74, 6) is 0.585. The monoisotopic (exact) mass is 641 g/mol. The quantitative estimate of drug-likeness (QED) is 0.120. The second kappa shape index (κ2) is 12.4. The lowest BCUT2D eigenvalue weighted by Gasteiger charge is -2.26. The highest BCUT2D eigenvalue weighted by atomic mass is 35.5. The molecule has 0 saturated carbocycles. The molecule has 226 valence electrons. The number of esters is 1. The first-order valence-corrected chi connectivity index (χ1v) is 14.9. The third-order valence-electron chi connectivity index (χ3n) is 7.11. The minimum atomic E-state index is -0.872. The summed E-state index contributed by atoms with van der Waals surface area (Å²) >= 11 is 7.45. The van der Waals surface area contributed by atoms with Crippen LogP contribution in [0.15, 0.2) is 105 Å². The zero-order chi connectivity index (χ0) is 31.7. The second-order valence-corrected chi connectivity index (χ2v) is 11.2. The number of nitro benzene ring substituents is 1. The number of carbonyl (C=O) groups is 1. The van der Waals surface area contributed by atoms with Crippen LogP contribution in [0.3, 0.4) is 0 Å². The minimum Gasteiger partial charge on any atom is -0.497 e. The van der Waals surface area contributed by atoms with Crippen molar-refractivity contribution in [2.75, 3.05) is 13.7 Å². The predicted molar refractivity (Wildman–Crippen MR) is 170 cm³/mol. The number of carbonyl (C=O) groups excluding carboxylic acids is 1. The molecule has 5 aromatic rings. The van der Waals surface area contributed by atoms with Crippen LogP contribution >= 0.6 is 22.9 Å². The van der Waals surface area contributed by atoms with Gasteiger partial charge in [0.15, 0.2) is 4.80 Å².